The van der Waals surface area contributed by atoms with Gasteiger partial charge in [0.25, 0.3) is 18.1 Å². The van der Waals surface area contributed by atoms with E-state index in [4.69, 9.17) is 58.3 Å². The Morgan fingerprint density at radius 2 is 1.03 bits per heavy atom. The Hall–Kier alpha value is -8.83. The number of amides is 2. The van der Waals surface area contributed by atoms with Gasteiger partial charge in [-0.2, -0.15) is 13.2 Å². The fourth-order valence-electron chi connectivity index (χ4n) is 9.54. The van der Waals surface area contributed by atoms with Crippen LogP contribution in [0.4, 0.5) is 18.9 Å². The van der Waals surface area contributed by atoms with Crippen LogP contribution in [0.3, 0.4) is 0 Å². The smallest absolute Gasteiger partial charge is 1.00 e. The number of hydrogen-bond donors (Lipinski definition) is 5. The molecule has 0 fully saturated rings. The summed E-state index contributed by atoms with van der Waals surface area (Å²) in [4.78, 5) is 114. The Morgan fingerprint density at radius 3 is 1.47 bits per heavy atom. The molecular formula is C79H93BrF3K2N4O27P. The predicted molar refractivity (Wildman–Crippen MR) is 418 cm³/mol. The van der Waals surface area contributed by atoms with Gasteiger partial charge in [0.2, 0.25) is 0 Å². The van der Waals surface area contributed by atoms with Crippen LogP contribution >= 0.6 is 23.9 Å². The minimum absolute atomic E-state index is 0. The zero-order valence-electron chi connectivity index (χ0n) is 68.1. The van der Waals surface area contributed by atoms with Gasteiger partial charge in [-0.25, -0.2) is 4.79 Å². The molecule has 7 rings (SSSR count). The van der Waals surface area contributed by atoms with Gasteiger partial charge in [0, 0.05) is 53.0 Å². The topological polar surface area (TPSA) is 428 Å². The predicted octanol–water partition coefficient (Wildman–Crippen LogP) is 5.37. The molecule has 2 amide bonds. The fourth-order valence-corrected chi connectivity index (χ4v) is 12.3. The van der Waals surface area contributed by atoms with Crippen molar-refractivity contribution in [2.24, 2.45) is 5.16 Å². The third kappa shape index (κ3) is 39.5. The number of carboxylic acids is 1. The molecule has 0 bridgehead atoms. The van der Waals surface area contributed by atoms with Crippen LogP contribution in [0, 0.1) is 10.1 Å². The van der Waals surface area contributed by atoms with Crippen LogP contribution < -0.4 is 168 Å². The Morgan fingerprint density at radius 1 is 0.573 bits per heavy atom. The number of nitro benzene ring substituents is 1. The van der Waals surface area contributed by atoms with Crippen LogP contribution in [0.1, 0.15) is 140 Å². The number of benzene rings is 7. The standard InChI is InChI=1S/C34H33N2O9P.C16H20F3NO5.C14H19NO5.C9H10O3.C5H9BrO2.CH2O3.2K.H/c1-22(27-20-29(43-2)30(21-28(27)36(41)42)45-18-10-15-32(37)38)35-33(39)23-16-17-26(34(40)44-3)31(19-23)46(24-11-6-4-7-12-24)25-13-8-5-9-14-25;1-10(20-15(22)16(17,18)19)11-6-7-12(13(9-11)23-2)25-8-4-5-14(21)24-3;1-10(15-17)11-6-7-12(13(9-11)18-2)20-8-4-5-14(16)19-3;1-6(10)7-3-4-8(11)9(5-7)12-2;1-8-5(7)3-2-4-6;2-1-4-3;;;/h4-9,11-14,16-17,19-22H,10,15,18H2,1-3H3,(H,35,39)(H,37,38);6-7,9-10H,4-5,8H2,1-3H3,(H,20,22);6-7,9,17H,4-5,8H2,1-3H3;3-5,11H,1-2H3;2-4H2,1H3;1,3H;;;/q;;;;;;2*+1;-1/p-1/b;;15-10-;;;;;;. The van der Waals surface area contributed by atoms with Crippen molar-refractivity contribution in [3.05, 3.63) is 189 Å². The molecule has 7 aromatic carbocycles. The first kappa shape index (κ1) is 108. The maximum absolute atomic E-state index is 13.7. The number of nitrogens with one attached hydrogen (secondary N) is 2. The van der Waals surface area contributed by atoms with E-state index in [1.165, 1.54) is 119 Å². The number of aromatic hydroxyl groups is 1. The molecule has 0 aromatic heterocycles. The number of rotatable bonds is 35. The number of aliphatic carboxylic acids is 1. The summed E-state index contributed by atoms with van der Waals surface area (Å²) in [6.45, 7) is 6.65. The third-order valence-electron chi connectivity index (χ3n) is 15.5. The summed E-state index contributed by atoms with van der Waals surface area (Å²) < 4.78 is 92.7. The number of alkyl halides is 4. The van der Waals surface area contributed by atoms with Crippen molar-refractivity contribution in [2.45, 2.75) is 97.3 Å². The van der Waals surface area contributed by atoms with Crippen LogP contribution in [0.15, 0.2) is 151 Å². The van der Waals surface area contributed by atoms with E-state index in [-0.39, 0.29) is 201 Å². The number of carbonyl (C=O) groups excluding carboxylic acids is 8. The van der Waals surface area contributed by atoms with Gasteiger partial charge >= 0.3 is 145 Å². The van der Waals surface area contributed by atoms with Crippen molar-refractivity contribution >= 4 is 105 Å². The number of nitro groups is 1. The molecule has 0 aliphatic rings. The largest absolute Gasteiger partial charge is 1.00 e. The van der Waals surface area contributed by atoms with E-state index < -0.39 is 54.9 Å². The number of esters is 4. The summed E-state index contributed by atoms with van der Waals surface area (Å²) in [6, 6.07) is 39.3. The van der Waals surface area contributed by atoms with Gasteiger partial charge in [-0.3, -0.25) is 48.5 Å². The van der Waals surface area contributed by atoms with Gasteiger partial charge < -0.3 is 89.7 Å². The van der Waals surface area contributed by atoms with E-state index >= 15 is 0 Å². The molecule has 0 saturated heterocycles. The molecule has 5 N–H and O–H groups in total. The SMILES string of the molecule is COC(=O)CCCBr.COC(=O)CCCOc1ccc(/C(C)=N\O)cc1OC.COC(=O)CCCOc1ccc(C(C)NC(=O)C(F)(F)F)cc1OC.COC(=O)c1ccc(C(=O)NC(C)c2cc(OC)c(OCCCC(=O)O)cc2[N+](=O)[O-])cc1P(c1ccccc1)c1ccccc1.COc1cc(C(C)=O)ccc1O.O=CO[O-].[H-].[K+].[K+]. The van der Waals surface area contributed by atoms with E-state index in [2.05, 4.69) is 45.5 Å². The summed E-state index contributed by atoms with van der Waals surface area (Å²) in [6.07, 6.45) is -1.97. The first-order valence-electron chi connectivity index (χ1n) is 34.5. The summed E-state index contributed by atoms with van der Waals surface area (Å²) in [7, 11) is 9.82. The number of nitrogens with zero attached hydrogens (tertiary/aromatic N) is 2. The molecule has 117 heavy (non-hydrogen) atoms. The van der Waals surface area contributed by atoms with E-state index in [1.807, 2.05) is 66.0 Å². The van der Waals surface area contributed by atoms with Gasteiger partial charge in [-0.1, -0.05) is 87.8 Å². The van der Waals surface area contributed by atoms with Gasteiger partial charge in [0.05, 0.1) is 117 Å². The second-order valence-corrected chi connectivity index (χ2v) is 26.3. The molecule has 0 aliphatic carbocycles. The van der Waals surface area contributed by atoms with E-state index in [1.54, 1.807) is 50.2 Å². The monoisotopic (exact) mass is 1770 g/mol. The number of ether oxygens (including phenoxy) is 11. The van der Waals surface area contributed by atoms with Gasteiger partial charge in [0.15, 0.2) is 51.8 Å². The van der Waals surface area contributed by atoms with Crippen LogP contribution in [0.25, 0.3) is 0 Å². The number of phenolic OH excluding ortho intramolecular Hbond substituents is 1. The van der Waals surface area contributed by atoms with Crippen LogP contribution in [0.5, 0.6) is 46.0 Å². The minimum atomic E-state index is -4.94. The number of phenols is 1. The van der Waals surface area contributed by atoms with Crippen LogP contribution in [-0.2, 0) is 52.6 Å². The average Bonchev–Trinajstić information content (AvgIpc) is 0.788. The molecule has 7 aromatic rings. The molecule has 0 heterocycles. The molecule has 2 unspecified atom stereocenters. The minimum Gasteiger partial charge on any atom is -1.00 e. The zero-order valence-corrected chi connectivity index (χ0v) is 75.8. The van der Waals surface area contributed by atoms with E-state index in [0.717, 1.165) is 27.9 Å². The van der Waals surface area contributed by atoms with Crippen molar-refractivity contribution in [2.75, 3.05) is 82.0 Å². The number of carboxylic acid groups (broad SMARTS) is 1. The summed E-state index contributed by atoms with van der Waals surface area (Å²) >= 11 is 3.20. The normalized spacial score (nSPS) is 10.7. The summed E-state index contributed by atoms with van der Waals surface area (Å²) in [5, 5.41) is 58.5. The van der Waals surface area contributed by atoms with E-state index in [0.29, 0.717) is 88.7 Å². The van der Waals surface area contributed by atoms with Crippen LogP contribution in [0.2, 0.25) is 0 Å². The fraction of sp³-hybridized carbons (Fsp3) is 0.342. The Kier molecular flexibility index (Phi) is 55.3. The van der Waals surface area contributed by atoms with Crippen LogP contribution in [-0.4, -0.2) is 168 Å². The quantitative estimate of drug-likeness (QED) is 0.00266. The van der Waals surface area contributed by atoms with Crippen molar-refractivity contribution in [3.8, 4) is 46.0 Å². The molecule has 0 spiro atoms. The van der Waals surface area contributed by atoms with Gasteiger partial charge in [-0.05, 0) is 150 Å². The number of carbonyl (C=O) groups is 9. The first-order chi connectivity index (χ1) is 54.8. The van der Waals surface area contributed by atoms with Gasteiger partial charge in [0.1, 0.15) is 0 Å². The first-order valence-corrected chi connectivity index (χ1v) is 37.0. The Labute approximate surface area is 770 Å². The van der Waals surface area contributed by atoms with Crippen molar-refractivity contribution in [3.63, 3.8) is 0 Å². The Bertz CT molecular complexity index is 4300. The van der Waals surface area contributed by atoms with E-state index in [9.17, 15) is 66.7 Å². The van der Waals surface area contributed by atoms with Gasteiger partial charge in [-0.15, -0.1) is 0 Å². The number of hydrogen-bond acceptors (Lipinski definition) is 27. The molecule has 0 aliphatic heterocycles. The molecule has 0 radical (unpaired) electrons. The molecule has 626 valence electrons. The molecule has 2 atom stereocenters. The number of halogens is 4. The Balaban J connectivity index is 0. The number of oxime groups is 1. The number of ketones is 1. The third-order valence-corrected chi connectivity index (χ3v) is 18.5. The van der Waals surface area contributed by atoms with Crippen molar-refractivity contribution < 1.29 is 243 Å². The number of methoxy groups -OCH3 is 8. The second-order valence-electron chi connectivity index (χ2n) is 23.3. The zero-order chi connectivity index (χ0) is 86.2. The summed E-state index contributed by atoms with van der Waals surface area (Å²) in [5.41, 5.74) is 2.63. The van der Waals surface area contributed by atoms with Crippen molar-refractivity contribution in [1.29, 1.82) is 0 Å². The average molecular weight is 1780 g/mol. The number of Topliss-reactive ketones (excluding diaryl/α,β-unsaturated/α-hetero) is 1. The second kappa shape index (κ2) is 59.8. The molecular weight excluding hydrogens is 1680 g/mol. The summed E-state index contributed by atoms with van der Waals surface area (Å²) in [5.74, 6) is -2.38. The maximum atomic E-state index is 13.7. The molecule has 0 saturated carbocycles. The molecule has 31 nitrogen and oxygen atoms in total. The molecule has 38 heteroatoms. The van der Waals surface area contributed by atoms with Crippen molar-refractivity contribution in [1.82, 2.24) is 10.6 Å². The maximum Gasteiger partial charge on any atom is 1.00 e.